The van der Waals surface area contributed by atoms with Gasteiger partial charge in [0.25, 0.3) is 0 Å². The Morgan fingerprint density at radius 2 is 1.90 bits per heavy atom. The Kier molecular flexibility index (Phi) is 5.31. The van der Waals surface area contributed by atoms with Gasteiger partial charge in [0.2, 0.25) is 0 Å². The molecule has 0 bridgehead atoms. The molecule has 110 valence electrons. The van der Waals surface area contributed by atoms with Gasteiger partial charge < -0.3 is 10.5 Å². The number of nitrogens with two attached hydrogens (primary N) is 1. The van der Waals surface area contributed by atoms with Crippen LogP contribution in [-0.2, 0) is 6.54 Å². The molecule has 0 amide bonds. The number of rotatable bonds is 6. The summed E-state index contributed by atoms with van der Waals surface area (Å²) in [4.78, 5) is 2.61. The van der Waals surface area contributed by atoms with Gasteiger partial charge >= 0.3 is 0 Å². The van der Waals surface area contributed by atoms with Crippen LogP contribution in [0.5, 0.6) is 5.75 Å². The Morgan fingerprint density at radius 3 is 2.52 bits per heavy atom. The molecule has 0 spiro atoms. The number of thiocarbonyl (C=S) groups is 1. The van der Waals surface area contributed by atoms with Crippen LogP contribution in [0.3, 0.4) is 0 Å². The minimum atomic E-state index is -0.115. The van der Waals surface area contributed by atoms with Crippen LogP contribution in [0.4, 0.5) is 0 Å². The molecule has 2 rings (SSSR count). The van der Waals surface area contributed by atoms with Crippen LogP contribution in [0, 0.1) is 0 Å². The minimum Gasteiger partial charge on any atom is -0.497 e. The SMILES string of the molecule is COc1cccc(C(C(N)=S)N(C)Cc2ccccc2)c1. The van der Waals surface area contributed by atoms with E-state index in [4.69, 9.17) is 22.7 Å². The molecule has 0 saturated heterocycles. The van der Waals surface area contributed by atoms with Crippen LogP contribution in [0.15, 0.2) is 54.6 Å². The van der Waals surface area contributed by atoms with E-state index in [1.807, 2.05) is 49.5 Å². The van der Waals surface area contributed by atoms with Gasteiger partial charge in [-0.25, -0.2) is 0 Å². The first-order chi connectivity index (χ1) is 10.1. The maximum Gasteiger partial charge on any atom is 0.119 e. The molecule has 2 aromatic carbocycles. The van der Waals surface area contributed by atoms with Gasteiger partial charge in [-0.15, -0.1) is 0 Å². The van der Waals surface area contributed by atoms with Crippen LogP contribution >= 0.6 is 12.2 Å². The van der Waals surface area contributed by atoms with Gasteiger partial charge in [-0.2, -0.15) is 0 Å². The maximum absolute atomic E-state index is 5.96. The van der Waals surface area contributed by atoms with Crippen molar-refractivity contribution >= 4 is 17.2 Å². The zero-order chi connectivity index (χ0) is 15.2. The molecule has 2 aromatic rings. The highest BCUT2D eigenvalue weighted by atomic mass is 32.1. The van der Waals surface area contributed by atoms with Crippen molar-refractivity contribution in [2.75, 3.05) is 14.2 Å². The maximum atomic E-state index is 5.96. The molecular formula is C17H20N2OS. The molecule has 4 heteroatoms. The smallest absolute Gasteiger partial charge is 0.119 e. The molecule has 1 atom stereocenters. The van der Waals surface area contributed by atoms with Gasteiger partial charge in [0.1, 0.15) is 5.75 Å². The summed E-state index contributed by atoms with van der Waals surface area (Å²) >= 11 is 5.27. The molecule has 0 aliphatic rings. The third-order valence-electron chi connectivity index (χ3n) is 3.39. The lowest BCUT2D eigenvalue weighted by Gasteiger charge is -2.28. The van der Waals surface area contributed by atoms with Crippen molar-refractivity contribution in [1.82, 2.24) is 4.90 Å². The third-order valence-corrected chi connectivity index (χ3v) is 3.62. The predicted octanol–water partition coefficient (Wildman–Crippen LogP) is 3.15. The van der Waals surface area contributed by atoms with Crippen LogP contribution in [0.25, 0.3) is 0 Å². The average Bonchev–Trinajstić information content (AvgIpc) is 2.48. The van der Waals surface area contributed by atoms with Gasteiger partial charge in [-0.3, -0.25) is 4.90 Å². The molecule has 2 N–H and O–H groups in total. The number of hydrogen-bond acceptors (Lipinski definition) is 3. The van der Waals surface area contributed by atoms with E-state index in [0.717, 1.165) is 17.9 Å². The molecule has 3 nitrogen and oxygen atoms in total. The number of likely N-dealkylation sites (N-methyl/N-ethyl adjacent to an activating group) is 1. The molecule has 0 fully saturated rings. The second kappa shape index (κ2) is 7.20. The van der Waals surface area contributed by atoms with Crippen molar-refractivity contribution in [1.29, 1.82) is 0 Å². The van der Waals surface area contributed by atoms with Crippen molar-refractivity contribution in [3.8, 4) is 5.75 Å². The highest BCUT2D eigenvalue weighted by Gasteiger charge is 2.20. The standard InChI is InChI=1S/C17H20N2OS/c1-19(12-13-7-4-3-5-8-13)16(17(18)21)14-9-6-10-15(11-14)20-2/h3-11,16H,12H2,1-2H3,(H2,18,21). The molecule has 0 saturated carbocycles. The molecule has 0 radical (unpaired) electrons. The van der Waals surface area contributed by atoms with Gasteiger partial charge in [-0.1, -0.05) is 54.7 Å². The number of nitrogens with zero attached hydrogens (tertiary/aromatic N) is 1. The lowest BCUT2D eigenvalue weighted by molar-refractivity contribution is 0.293. The molecular weight excluding hydrogens is 280 g/mol. The summed E-state index contributed by atoms with van der Waals surface area (Å²) in [5, 5.41) is 0. The van der Waals surface area contributed by atoms with E-state index in [2.05, 4.69) is 17.0 Å². The number of methoxy groups -OCH3 is 1. The molecule has 21 heavy (non-hydrogen) atoms. The summed E-state index contributed by atoms with van der Waals surface area (Å²) < 4.78 is 5.28. The normalized spacial score (nSPS) is 12.1. The van der Waals surface area contributed by atoms with Crippen molar-refractivity contribution in [3.05, 3.63) is 65.7 Å². The fraction of sp³-hybridized carbons (Fsp3) is 0.235. The Labute approximate surface area is 131 Å². The van der Waals surface area contributed by atoms with Crippen LogP contribution in [0.1, 0.15) is 17.2 Å². The Balaban J connectivity index is 2.23. The van der Waals surface area contributed by atoms with E-state index < -0.39 is 0 Å². The summed E-state index contributed by atoms with van der Waals surface area (Å²) in [6, 6.07) is 18.0. The number of ether oxygens (including phenoxy) is 1. The molecule has 0 aromatic heterocycles. The Bertz CT molecular complexity index is 601. The van der Waals surface area contributed by atoms with Crippen LogP contribution < -0.4 is 10.5 Å². The Hall–Kier alpha value is -1.91. The number of benzene rings is 2. The van der Waals surface area contributed by atoms with E-state index in [0.29, 0.717) is 4.99 Å². The average molecular weight is 300 g/mol. The fourth-order valence-electron chi connectivity index (χ4n) is 2.41. The molecule has 0 heterocycles. The monoisotopic (exact) mass is 300 g/mol. The minimum absolute atomic E-state index is 0.115. The van der Waals surface area contributed by atoms with Gasteiger partial charge in [0.15, 0.2) is 0 Å². The van der Waals surface area contributed by atoms with Gasteiger partial charge in [0, 0.05) is 6.54 Å². The van der Waals surface area contributed by atoms with Gasteiger partial charge in [0.05, 0.1) is 18.1 Å². The topological polar surface area (TPSA) is 38.5 Å². The van der Waals surface area contributed by atoms with E-state index in [1.165, 1.54) is 5.56 Å². The summed E-state index contributed by atoms with van der Waals surface area (Å²) in [5.74, 6) is 0.807. The second-order valence-corrected chi connectivity index (χ2v) is 5.45. The van der Waals surface area contributed by atoms with E-state index in [1.54, 1.807) is 7.11 Å². The third kappa shape index (κ3) is 4.03. The zero-order valence-electron chi connectivity index (χ0n) is 12.3. The van der Waals surface area contributed by atoms with Crippen LogP contribution in [-0.4, -0.2) is 24.0 Å². The van der Waals surface area contributed by atoms with E-state index in [-0.39, 0.29) is 6.04 Å². The fourth-order valence-corrected chi connectivity index (χ4v) is 2.73. The first-order valence-electron chi connectivity index (χ1n) is 6.79. The van der Waals surface area contributed by atoms with Crippen molar-refractivity contribution in [2.45, 2.75) is 12.6 Å². The largest absolute Gasteiger partial charge is 0.497 e. The van der Waals surface area contributed by atoms with Crippen molar-refractivity contribution in [2.24, 2.45) is 5.73 Å². The lowest BCUT2D eigenvalue weighted by Crippen LogP contribution is -2.33. The first-order valence-corrected chi connectivity index (χ1v) is 7.20. The molecule has 0 aliphatic heterocycles. The zero-order valence-corrected chi connectivity index (χ0v) is 13.1. The van der Waals surface area contributed by atoms with Crippen molar-refractivity contribution in [3.63, 3.8) is 0 Å². The summed E-state index contributed by atoms with van der Waals surface area (Å²) in [7, 11) is 3.68. The highest BCUT2D eigenvalue weighted by Crippen LogP contribution is 2.25. The molecule has 0 aliphatic carbocycles. The number of hydrogen-bond donors (Lipinski definition) is 1. The first kappa shape index (κ1) is 15.5. The van der Waals surface area contributed by atoms with Gasteiger partial charge in [-0.05, 0) is 30.3 Å². The Morgan fingerprint density at radius 1 is 1.19 bits per heavy atom. The summed E-state index contributed by atoms with van der Waals surface area (Å²) in [6.45, 7) is 0.778. The lowest BCUT2D eigenvalue weighted by atomic mass is 10.0. The summed E-state index contributed by atoms with van der Waals surface area (Å²) in [5.41, 5.74) is 8.23. The predicted molar refractivity (Wildman–Crippen MR) is 90.4 cm³/mol. The van der Waals surface area contributed by atoms with E-state index >= 15 is 0 Å². The second-order valence-electron chi connectivity index (χ2n) is 4.98. The van der Waals surface area contributed by atoms with Crippen molar-refractivity contribution < 1.29 is 4.74 Å². The highest BCUT2D eigenvalue weighted by molar-refractivity contribution is 7.80. The van der Waals surface area contributed by atoms with Crippen LogP contribution in [0.2, 0.25) is 0 Å². The molecule has 1 unspecified atom stereocenters. The van der Waals surface area contributed by atoms with E-state index in [9.17, 15) is 0 Å². The summed E-state index contributed by atoms with van der Waals surface area (Å²) in [6.07, 6.45) is 0. The quantitative estimate of drug-likeness (QED) is 0.832.